The molecule has 1 aliphatic carbocycles. The molecule has 1 aromatic heterocycles. The molecule has 0 aliphatic heterocycles. The molecular weight excluding hydrogens is 317 g/mol. The Morgan fingerprint density at radius 2 is 1.92 bits per heavy atom. The van der Waals surface area contributed by atoms with Gasteiger partial charge in [0.2, 0.25) is 5.91 Å². The third-order valence-corrected chi connectivity index (χ3v) is 5.10. The number of hydrogen-bond donors (Lipinski definition) is 2. The van der Waals surface area contributed by atoms with E-state index in [1.54, 1.807) is 6.07 Å². The Kier molecular flexibility index (Phi) is 5.64. The van der Waals surface area contributed by atoms with Crippen LogP contribution >= 0.6 is 0 Å². The maximum atomic E-state index is 12.8. The molecule has 1 aliphatic rings. The third-order valence-electron chi connectivity index (χ3n) is 5.10. The minimum absolute atomic E-state index is 0.319. The van der Waals surface area contributed by atoms with Crippen LogP contribution in [0.5, 0.6) is 0 Å². The molecule has 1 fully saturated rings. The van der Waals surface area contributed by atoms with Crippen molar-refractivity contribution in [3.05, 3.63) is 59.5 Å². The molecule has 1 aromatic carbocycles. The number of rotatable bonds is 6. The summed E-state index contributed by atoms with van der Waals surface area (Å²) in [5.74, 6) is 1.15. The van der Waals surface area contributed by atoms with Gasteiger partial charge in [-0.05, 0) is 67.7 Å². The maximum Gasteiger partial charge on any atom is 0.248 e. The van der Waals surface area contributed by atoms with Gasteiger partial charge >= 0.3 is 0 Å². The highest BCUT2D eigenvalue weighted by Gasteiger charge is 2.24. The van der Waals surface area contributed by atoms with Gasteiger partial charge in [-0.1, -0.05) is 18.2 Å². The zero-order chi connectivity index (χ0) is 17.6. The van der Waals surface area contributed by atoms with Crippen molar-refractivity contribution in [2.75, 3.05) is 11.9 Å². The number of nitrogens with one attached hydrogen (secondary N) is 1. The second-order valence-corrected chi connectivity index (χ2v) is 6.75. The number of primary amides is 1. The summed E-state index contributed by atoms with van der Waals surface area (Å²) in [6.45, 7) is 0.839. The molecule has 4 nitrogen and oxygen atoms in total. The average Bonchev–Trinajstić information content (AvgIpc) is 2.64. The van der Waals surface area contributed by atoms with Gasteiger partial charge in [-0.3, -0.25) is 4.79 Å². The van der Waals surface area contributed by atoms with Crippen LogP contribution in [0.4, 0.5) is 10.2 Å². The highest BCUT2D eigenvalue weighted by molar-refractivity contribution is 5.94. The first kappa shape index (κ1) is 17.4. The van der Waals surface area contributed by atoms with Crippen LogP contribution in [0.3, 0.4) is 0 Å². The van der Waals surface area contributed by atoms with E-state index in [1.807, 2.05) is 24.3 Å². The Morgan fingerprint density at radius 1 is 1.16 bits per heavy atom. The van der Waals surface area contributed by atoms with E-state index in [2.05, 4.69) is 10.3 Å². The van der Waals surface area contributed by atoms with Crippen molar-refractivity contribution in [3.63, 3.8) is 0 Å². The minimum atomic E-state index is -0.339. The molecule has 0 radical (unpaired) electrons. The van der Waals surface area contributed by atoms with Gasteiger partial charge in [0, 0.05) is 12.1 Å². The fourth-order valence-corrected chi connectivity index (χ4v) is 3.72. The lowest BCUT2D eigenvalue weighted by molar-refractivity contribution is 0.0998. The average molecular weight is 341 g/mol. The first-order chi connectivity index (χ1) is 12.1. The first-order valence-electron chi connectivity index (χ1n) is 8.87. The summed E-state index contributed by atoms with van der Waals surface area (Å²) >= 11 is 0. The van der Waals surface area contributed by atoms with Gasteiger partial charge in [0.1, 0.15) is 11.6 Å². The molecule has 5 heteroatoms. The number of nitrogens with zero attached hydrogens (tertiary/aromatic N) is 1. The molecule has 25 heavy (non-hydrogen) atoms. The number of anilines is 1. The van der Waals surface area contributed by atoms with E-state index in [0.29, 0.717) is 23.2 Å². The third kappa shape index (κ3) is 4.56. The first-order valence-corrected chi connectivity index (χ1v) is 8.87. The monoisotopic (exact) mass is 341 g/mol. The van der Waals surface area contributed by atoms with Gasteiger partial charge in [-0.2, -0.15) is 0 Å². The smallest absolute Gasteiger partial charge is 0.248 e. The normalized spacial score (nSPS) is 20.2. The predicted molar refractivity (Wildman–Crippen MR) is 97.0 cm³/mol. The van der Waals surface area contributed by atoms with Crippen molar-refractivity contribution in [1.29, 1.82) is 0 Å². The molecule has 3 N–H and O–H groups in total. The predicted octanol–water partition coefficient (Wildman–Crippen LogP) is 4.10. The number of carbonyl (C=O) groups is 1. The number of halogens is 1. The van der Waals surface area contributed by atoms with E-state index in [4.69, 9.17) is 5.73 Å². The summed E-state index contributed by atoms with van der Waals surface area (Å²) in [7, 11) is 0. The van der Waals surface area contributed by atoms with E-state index < -0.39 is 0 Å². The number of hydrogen-bond acceptors (Lipinski definition) is 3. The number of carbonyl (C=O) groups excluding carboxylic acids is 1. The molecule has 1 saturated carbocycles. The summed E-state index contributed by atoms with van der Waals surface area (Å²) in [6.07, 6.45) is 6.77. The van der Waals surface area contributed by atoms with E-state index >= 15 is 0 Å². The maximum absolute atomic E-state index is 12.8. The summed E-state index contributed by atoms with van der Waals surface area (Å²) in [6, 6.07) is 10.8. The van der Waals surface area contributed by atoms with Crippen molar-refractivity contribution >= 4 is 11.7 Å². The lowest BCUT2D eigenvalue weighted by Gasteiger charge is -2.29. The summed E-state index contributed by atoms with van der Waals surface area (Å²) < 4.78 is 12.8. The molecule has 1 heterocycles. The molecule has 3 rings (SSSR count). The van der Waals surface area contributed by atoms with Crippen LogP contribution in [-0.2, 0) is 0 Å². The Balaban J connectivity index is 1.47. The summed E-state index contributed by atoms with van der Waals surface area (Å²) in [5, 5.41) is 3.25. The van der Waals surface area contributed by atoms with E-state index in [9.17, 15) is 9.18 Å². The van der Waals surface area contributed by atoms with Crippen LogP contribution in [-0.4, -0.2) is 17.4 Å². The molecule has 1 amide bonds. The quantitative estimate of drug-likeness (QED) is 0.831. The van der Waals surface area contributed by atoms with E-state index in [0.717, 1.165) is 44.2 Å². The number of aromatic nitrogens is 1. The largest absolute Gasteiger partial charge is 0.370 e. The number of nitrogens with two attached hydrogens (primary N) is 1. The van der Waals surface area contributed by atoms with Crippen LogP contribution in [0.2, 0.25) is 0 Å². The molecule has 0 bridgehead atoms. The van der Waals surface area contributed by atoms with Gasteiger partial charge in [0.05, 0.1) is 6.20 Å². The van der Waals surface area contributed by atoms with Gasteiger partial charge in [-0.15, -0.1) is 0 Å². The van der Waals surface area contributed by atoms with Crippen molar-refractivity contribution in [1.82, 2.24) is 4.98 Å². The van der Waals surface area contributed by atoms with Crippen LogP contribution < -0.4 is 11.1 Å². The van der Waals surface area contributed by atoms with Crippen molar-refractivity contribution in [2.24, 2.45) is 11.7 Å². The van der Waals surface area contributed by atoms with Crippen LogP contribution in [0.15, 0.2) is 42.6 Å². The lowest BCUT2D eigenvalue weighted by atomic mass is 9.76. The molecular formula is C20H24FN3O. The minimum Gasteiger partial charge on any atom is -0.370 e. The van der Waals surface area contributed by atoms with Crippen LogP contribution in [0, 0.1) is 11.7 Å². The zero-order valence-corrected chi connectivity index (χ0v) is 14.2. The van der Waals surface area contributed by atoms with Gasteiger partial charge in [0.25, 0.3) is 0 Å². The van der Waals surface area contributed by atoms with Crippen molar-refractivity contribution < 1.29 is 9.18 Å². The number of benzene rings is 1. The highest BCUT2D eigenvalue weighted by Crippen LogP contribution is 2.38. The molecule has 0 saturated heterocycles. The highest BCUT2D eigenvalue weighted by atomic mass is 19.1. The Labute approximate surface area is 147 Å². The van der Waals surface area contributed by atoms with Crippen LogP contribution in [0.1, 0.15) is 53.9 Å². The van der Waals surface area contributed by atoms with E-state index in [1.165, 1.54) is 12.3 Å². The van der Waals surface area contributed by atoms with Crippen molar-refractivity contribution in [3.8, 4) is 0 Å². The van der Waals surface area contributed by atoms with Crippen molar-refractivity contribution in [2.45, 2.75) is 38.0 Å². The van der Waals surface area contributed by atoms with Crippen LogP contribution in [0.25, 0.3) is 0 Å². The fraction of sp³-hybridized carbons (Fsp3) is 0.400. The SMILES string of the molecule is NC(=O)c1ccccc1C1CCC(CCNc2ccc(F)cn2)CC1. The standard InChI is InChI=1S/C20H24FN3O/c21-16-9-10-19(24-13-16)23-12-11-14-5-7-15(8-6-14)17-3-1-2-4-18(17)20(22)25/h1-4,9-10,13-15H,5-8,11-12H2,(H2,22,25)(H,23,24). The van der Waals surface area contributed by atoms with E-state index in [-0.39, 0.29) is 11.7 Å². The zero-order valence-electron chi connectivity index (χ0n) is 14.2. The second kappa shape index (κ2) is 8.10. The Bertz CT molecular complexity index is 709. The molecule has 132 valence electrons. The molecule has 0 unspecified atom stereocenters. The number of amides is 1. The Hall–Kier alpha value is -2.43. The van der Waals surface area contributed by atoms with Gasteiger partial charge in [-0.25, -0.2) is 9.37 Å². The van der Waals surface area contributed by atoms with Gasteiger partial charge in [0.15, 0.2) is 0 Å². The Morgan fingerprint density at radius 3 is 2.60 bits per heavy atom. The lowest BCUT2D eigenvalue weighted by Crippen LogP contribution is -2.20. The summed E-state index contributed by atoms with van der Waals surface area (Å²) in [4.78, 5) is 15.6. The molecule has 0 spiro atoms. The number of pyridine rings is 1. The topological polar surface area (TPSA) is 68.0 Å². The molecule has 0 atom stereocenters. The van der Waals surface area contributed by atoms with Gasteiger partial charge < -0.3 is 11.1 Å². The molecule has 2 aromatic rings. The summed E-state index contributed by atoms with van der Waals surface area (Å²) in [5.41, 5.74) is 7.26. The fourth-order valence-electron chi connectivity index (χ4n) is 3.72. The second-order valence-electron chi connectivity index (χ2n) is 6.75.